The van der Waals surface area contributed by atoms with Crippen molar-refractivity contribution in [2.75, 3.05) is 29.0 Å². The molecule has 0 atom stereocenters. The molecule has 0 spiro atoms. The molecule has 5 aromatic heterocycles. The molecular formula is C25H24N10O2. The van der Waals surface area contributed by atoms with Crippen molar-refractivity contribution in [2.24, 2.45) is 7.05 Å². The molecule has 0 saturated carbocycles. The number of nitrogens with two attached hydrogens (primary N) is 1. The van der Waals surface area contributed by atoms with Gasteiger partial charge in [-0.2, -0.15) is 5.10 Å². The van der Waals surface area contributed by atoms with E-state index < -0.39 is 6.09 Å². The highest BCUT2D eigenvalue weighted by Gasteiger charge is 2.19. The van der Waals surface area contributed by atoms with Gasteiger partial charge in [0.15, 0.2) is 5.65 Å². The molecule has 5 aromatic rings. The summed E-state index contributed by atoms with van der Waals surface area (Å²) in [5.41, 5.74) is 9.84. The van der Waals surface area contributed by atoms with E-state index in [1.54, 1.807) is 23.1 Å². The number of pyridine rings is 2. The van der Waals surface area contributed by atoms with Gasteiger partial charge in [0.1, 0.15) is 30.4 Å². The van der Waals surface area contributed by atoms with Crippen LogP contribution in [0.25, 0.3) is 28.0 Å². The van der Waals surface area contributed by atoms with E-state index in [4.69, 9.17) is 10.5 Å². The van der Waals surface area contributed by atoms with E-state index in [-0.39, 0.29) is 6.61 Å². The van der Waals surface area contributed by atoms with Gasteiger partial charge < -0.3 is 15.4 Å². The number of aromatic nitrogens is 7. The van der Waals surface area contributed by atoms with Gasteiger partial charge in [0, 0.05) is 49.9 Å². The smallest absolute Gasteiger partial charge is 0.413 e. The first-order valence-corrected chi connectivity index (χ1v) is 11.8. The lowest BCUT2D eigenvalue weighted by Crippen LogP contribution is -2.37. The molecule has 12 heteroatoms. The minimum Gasteiger partial charge on any atom is -0.444 e. The zero-order valence-electron chi connectivity index (χ0n) is 20.1. The Kier molecular flexibility index (Phi) is 5.60. The first-order valence-electron chi connectivity index (χ1n) is 11.8. The van der Waals surface area contributed by atoms with Crippen LogP contribution in [0.15, 0.2) is 61.4 Å². The van der Waals surface area contributed by atoms with Crippen LogP contribution in [0.5, 0.6) is 0 Å². The third-order valence-electron chi connectivity index (χ3n) is 6.18. The predicted molar refractivity (Wildman–Crippen MR) is 138 cm³/mol. The van der Waals surface area contributed by atoms with Crippen LogP contribution >= 0.6 is 0 Å². The lowest BCUT2D eigenvalue weighted by molar-refractivity contribution is 0.155. The van der Waals surface area contributed by atoms with Crippen LogP contribution in [-0.2, 0) is 18.4 Å². The Hall–Kier alpha value is -5.00. The van der Waals surface area contributed by atoms with Crippen LogP contribution in [0.3, 0.4) is 0 Å². The van der Waals surface area contributed by atoms with Crippen LogP contribution in [-0.4, -0.2) is 53.5 Å². The number of hydrogen-bond acceptors (Lipinski definition) is 9. The predicted octanol–water partition coefficient (Wildman–Crippen LogP) is 3.15. The van der Waals surface area contributed by atoms with Crippen molar-refractivity contribution in [3.05, 3.63) is 67.0 Å². The second-order valence-corrected chi connectivity index (χ2v) is 8.72. The average Bonchev–Trinajstić information content (AvgIpc) is 3.47. The number of carbonyl (C=O) groups is 1. The molecule has 0 aromatic carbocycles. The van der Waals surface area contributed by atoms with Crippen LogP contribution < -0.4 is 16.0 Å². The molecular weight excluding hydrogens is 472 g/mol. The largest absolute Gasteiger partial charge is 0.444 e. The van der Waals surface area contributed by atoms with E-state index in [9.17, 15) is 4.79 Å². The van der Waals surface area contributed by atoms with E-state index >= 15 is 0 Å². The summed E-state index contributed by atoms with van der Waals surface area (Å²) in [7, 11) is 1.85. The van der Waals surface area contributed by atoms with Gasteiger partial charge in [-0.15, -0.1) is 0 Å². The Morgan fingerprint density at radius 2 is 2.08 bits per heavy atom. The fourth-order valence-electron chi connectivity index (χ4n) is 4.22. The summed E-state index contributed by atoms with van der Waals surface area (Å²) in [6, 6.07) is 9.30. The molecule has 6 rings (SSSR count). The fourth-order valence-corrected chi connectivity index (χ4v) is 4.22. The van der Waals surface area contributed by atoms with Crippen LogP contribution in [0, 0.1) is 0 Å². The molecule has 0 unspecified atom stereocenters. The molecule has 1 aliphatic rings. The van der Waals surface area contributed by atoms with E-state index in [0.717, 1.165) is 42.3 Å². The lowest BCUT2D eigenvalue weighted by atomic mass is 10.2. The van der Waals surface area contributed by atoms with Crippen LogP contribution in [0.4, 0.5) is 22.2 Å². The Morgan fingerprint density at radius 3 is 2.86 bits per heavy atom. The molecule has 1 fully saturated rings. The summed E-state index contributed by atoms with van der Waals surface area (Å²) in [4.78, 5) is 32.0. The summed E-state index contributed by atoms with van der Waals surface area (Å²) in [5, 5.41) is 7.90. The maximum Gasteiger partial charge on any atom is 0.413 e. The molecule has 0 bridgehead atoms. The third kappa shape index (κ3) is 4.40. The van der Waals surface area contributed by atoms with Gasteiger partial charge in [-0.1, -0.05) is 6.07 Å². The number of ether oxygens (including phenoxy) is 1. The number of aryl methyl sites for hydroxylation is 1. The van der Waals surface area contributed by atoms with E-state index in [2.05, 4.69) is 35.3 Å². The van der Waals surface area contributed by atoms with Crippen molar-refractivity contribution in [3.8, 4) is 16.9 Å². The first-order chi connectivity index (χ1) is 18.0. The topological polar surface area (TPSA) is 142 Å². The van der Waals surface area contributed by atoms with Gasteiger partial charge in [-0.05, 0) is 30.7 Å². The number of carbonyl (C=O) groups excluding carboxylic acids is 1. The minimum atomic E-state index is -0.594. The van der Waals surface area contributed by atoms with Crippen LogP contribution in [0.1, 0.15) is 12.0 Å². The number of amides is 1. The number of nitrogen functional groups attached to an aromatic ring is 1. The van der Waals surface area contributed by atoms with Crippen molar-refractivity contribution in [3.63, 3.8) is 0 Å². The molecule has 3 N–H and O–H groups in total. The second-order valence-electron chi connectivity index (χ2n) is 8.72. The van der Waals surface area contributed by atoms with Gasteiger partial charge in [0.25, 0.3) is 0 Å². The molecule has 0 aliphatic carbocycles. The monoisotopic (exact) mass is 496 g/mol. The SMILES string of the molecule is Cn1ccc(-c2cn(-c3cncc(COC(=O)Nc4cccc(N5CCC5)n4)c3)c3ncnc(N)c23)n1. The number of rotatable bonds is 6. The normalized spacial score (nSPS) is 12.9. The Morgan fingerprint density at radius 1 is 1.19 bits per heavy atom. The standard InChI is InChI=1S/C25H24N10O2/c1-33-9-6-19(32-33)18-13-35(24-22(18)23(26)28-15-29-24)17-10-16(11-27-12-17)14-37-25(36)31-20-4-2-5-21(30-20)34-7-3-8-34/h2,4-6,9-13,15H,3,7-8,14H2,1H3,(H2,26,28,29)(H,30,31,36). The maximum atomic E-state index is 12.4. The fraction of sp³-hybridized carbons (Fsp3) is 0.200. The average molecular weight is 497 g/mol. The van der Waals surface area contributed by atoms with Gasteiger partial charge in [0.05, 0.1) is 23.0 Å². The van der Waals surface area contributed by atoms with E-state index in [0.29, 0.717) is 28.2 Å². The number of anilines is 3. The van der Waals surface area contributed by atoms with E-state index in [1.165, 1.54) is 6.33 Å². The van der Waals surface area contributed by atoms with Gasteiger partial charge in [-0.25, -0.2) is 19.7 Å². The first kappa shape index (κ1) is 22.5. The zero-order valence-corrected chi connectivity index (χ0v) is 20.1. The summed E-state index contributed by atoms with van der Waals surface area (Å²) < 4.78 is 9.03. The molecule has 1 amide bonds. The molecule has 186 valence electrons. The maximum absolute atomic E-state index is 12.4. The quantitative estimate of drug-likeness (QED) is 0.362. The van der Waals surface area contributed by atoms with Crippen molar-refractivity contribution in [1.82, 2.24) is 34.3 Å². The molecule has 12 nitrogen and oxygen atoms in total. The van der Waals surface area contributed by atoms with Gasteiger partial charge >= 0.3 is 6.09 Å². The molecule has 1 saturated heterocycles. The summed E-state index contributed by atoms with van der Waals surface area (Å²) in [6.45, 7) is 1.98. The summed E-state index contributed by atoms with van der Waals surface area (Å²) in [5.74, 6) is 1.65. The van der Waals surface area contributed by atoms with Crippen molar-refractivity contribution in [2.45, 2.75) is 13.0 Å². The molecule has 0 radical (unpaired) electrons. The minimum absolute atomic E-state index is 0.0297. The number of hydrogen-bond donors (Lipinski definition) is 2. The lowest BCUT2D eigenvalue weighted by Gasteiger charge is -2.32. The Balaban J connectivity index is 1.21. The van der Waals surface area contributed by atoms with Crippen molar-refractivity contribution < 1.29 is 9.53 Å². The third-order valence-corrected chi connectivity index (χ3v) is 6.18. The molecule has 6 heterocycles. The van der Waals surface area contributed by atoms with Gasteiger partial charge in [0.2, 0.25) is 0 Å². The zero-order chi connectivity index (χ0) is 25.4. The molecule has 1 aliphatic heterocycles. The summed E-state index contributed by atoms with van der Waals surface area (Å²) >= 11 is 0. The van der Waals surface area contributed by atoms with Crippen LogP contribution in [0.2, 0.25) is 0 Å². The van der Waals surface area contributed by atoms with Gasteiger partial charge in [-0.3, -0.25) is 19.5 Å². The number of nitrogens with zero attached hydrogens (tertiary/aromatic N) is 8. The Bertz CT molecular complexity index is 1600. The second kappa shape index (κ2) is 9.22. The molecule has 37 heavy (non-hydrogen) atoms. The highest BCUT2D eigenvalue weighted by molar-refractivity contribution is 6.00. The summed E-state index contributed by atoms with van der Waals surface area (Å²) in [6.07, 6.45) is 9.10. The van der Waals surface area contributed by atoms with Crippen molar-refractivity contribution in [1.29, 1.82) is 0 Å². The number of nitrogens with one attached hydrogen (secondary N) is 1. The highest BCUT2D eigenvalue weighted by atomic mass is 16.5. The Labute approximate surface area is 211 Å². The van der Waals surface area contributed by atoms with E-state index in [1.807, 2.05) is 48.3 Å². The number of fused-ring (bicyclic) bond motifs is 1. The van der Waals surface area contributed by atoms with Crippen molar-refractivity contribution >= 4 is 34.6 Å². The highest BCUT2D eigenvalue weighted by Crippen LogP contribution is 2.33.